The van der Waals surface area contributed by atoms with Gasteiger partial charge in [0.25, 0.3) is 5.91 Å². The number of thiophene rings is 1. The van der Waals surface area contributed by atoms with Crippen molar-refractivity contribution in [1.29, 1.82) is 0 Å². The van der Waals surface area contributed by atoms with Crippen molar-refractivity contribution in [3.63, 3.8) is 0 Å². The third-order valence-corrected chi connectivity index (χ3v) is 4.33. The van der Waals surface area contributed by atoms with Crippen molar-refractivity contribution in [2.75, 3.05) is 6.54 Å². The van der Waals surface area contributed by atoms with E-state index in [0.29, 0.717) is 5.56 Å². The predicted molar refractivity (Wildman–Crippen MR) is 85.6 cm³/mol. The summed E-state index contributed by atoms with van der Waals surface area (Å²) < 4.78 is 1.09. The Morgan fingerprint density at radius 3 is 2.62 bits per heavy atom. The molecule has 3 nitrogen and oxygen atoms in total. The maximum absolute atomic E-state index is 12.2. The summed E-state index contributed by atoms with van der Waals surface area (Å²) in [7, 11) is 0. The Labute approximate surface area is 126 Å². The molecule has 2 aromatic carbocycles. The van der Waals surface area contributed by atoms with Crippen LogP contribution in [0.4, 0.5) is 0 Å². The number of carbonyl (C=O) groups excluding carboxylic acids is 1. The van der Waals surface area contributed by atoms with Gasteiger partial charge in [-0.2, -0.15) is 0 Å². The number of benzene rings is 2. The summed E-state index contributed by atoms with van der Waals surface area (Å²) in [6.07, 6.45) is -0.694. The van der Waals surface area contributed by atoms with Crippen molar-refractivity contribution in [3.05, 3.63) is 71.1 Å². The van der Waals surface area contributed by atoms with Crippen LogP contribution >= 0.6 is 11.3 Å². The second kappa shape index (κ2) is 6.08. The predicted octanol–water partition coefficient (Wildman–Crippen LogP) is 3.36. The highest BCUT2D eigenvalue weighted by Crippen LogP contribution is 2.25. The first kappa shape index (κ1) is 13.8. The van der Waals surface area contributed by atoms with Crippen LogP contribution in [-0.4, -0.2) is 17.6 Å². The molecular weight excluding hydrogens is 282 g/mol. The molecule has 0 aliphatic rings. The monoisotopic (exact) mass is 297 g/mol. The lowest BCUT2D eigenvalue weighted by molar-refractivity contribution is 0.0918. The molecule has 106 valence electrons. The first-order valence-corrected chi connectivity index (χ1v) is 7.61. The molecule has 2 N–H and O–H groups in total. The van der Waals surface area contributed by atoms with Gasteiger partial charge in [-0.15, -0.1) is 11.3 Å². The number of nitrogens with one attached hydrogen (secondary N) is 1. The molecular formula is C17H15NO2S. The molecule has 0 aliphatic heterocycles. The fraction of sp³-hybridized carbons (Fsp3) is 0.118. The Kier molecular flexibility index (Phi) is 3.99. The van der Waals surface area contributed by atoms with Gasteiger partial charge < -0.3 is 10.4 Å². The third-order valence-electron chi connectivity index (χ3n) is 3.37. The van der Waals surface area contributed by atoms with Crippen LogP contribution in [0.5, 0.6) is 0 Å². The van der Waals surface area contributed by atoms with E-state index in [4.69, 9.17) is 0 Å². The number of fused-ring (bicyclic) bond motifs is 1. The van der Waals surface area contributed by atoms with Crippen LogP contribution < -0.4 is 5.32 Å². The lowest BCUT2D eigenvalue weighted by atomic mass is 10.1. The van der Waals surface area contributed by atoms with E-state index >= 15 is 0 Å². The Balaban J connectivity index is 1.70. The molecule has 0 bridgehead atoms. The summed E-state index contributed by atoms with van der Waals surface area (Å²) in [6, 6.07) is 17.1. The zero-order chi connectivity index (χ0) is 14.7. The number of hydrogen-bond donors (Lipinski definition) is 2. The van der Waals surface area contributed by atoms with Crippen LogP contribution in [0.25, 0.3) is 10.1 Å². The van der Waals surface area contributed by atoms with E-state index < -0.39 is 6.10 Å². The summed E-state index contributed by atoms with van der Waals surface area (Å²) in [4.78, 5) is 12.2. The zero-order valence-electron chi connectivity index (χ0n) is 11.3. The molecule has 3 rings (SSSR count). The van der Waals surface area contributed by atoms with Crippen molar-refractivity contribution < 1.29 is 9.90 Å². The Morgan fingerprint density at radius 1 is 1.10 bits per heavy atom. The van der Waals surface area contributed by atoms with E-state index in [2.05, 4.69) is 5.32 Å². The van der Waals surface area contributed by atoms with E-state index in [-0.39, 0.29) is 12.5 Å². The summed E-state index contributed by atoms with van der Waals surface area (Å²) >= 11 is 1.55. The van der Waals surface area contributed by atoms with E-state index in [9.17, 15) is 9.90 Å². The number of aliphatic hydroxyl groups is 1. The smallest absolute Gasteiger partial charge is 0.252 e. The van der Waals surface area contributed by atoms with Crippen LogP contribution in [-0.2, 0) is 0 Å². The van der Waals surface area contributed by atoms with Crippen molar-refractivity contribution in [2.24, 2.45) is 0 Å². The molecule has 21 heavy (non-hydrogen) atoms. The molecule has 1 aromatic heterocycles. The van der Waals surface area contributed by atoms with E-state index in [1.165, 1.54) is 0 Å². The van der Waals surface area contributed by atoms with Gasteiger partial charge in [0.05, 0.1) is 11.7 Å². The molecule has 0 saturated heterocycles. The Hall–Kier alpha value is -2.17. The highest BCUT2D eigenvalue weighted by Gasteiger charge is 2.14. The topological polar surface area (TPSA) is 49.3 Å². The normalized spacial score (nSPS) is 12.2. The van der Waals surface area contributed by atoms with Gasteiger partial charge in [-0.1, -0.05) is 48.5 Å². The maximum Gasteiger partial charge on any atom is 0.252 e. The molecule has 3 aromatic rings. The fourth-order valence-corrected chi connectivity index (χ4v) is 3.17. The third kappa shape index (κ3) is 2.96. The summed E-state index contributed by atoms with van der Waals surface area (Å²) in [6.45, 7) is 0.201. The van der Waals surface area contributed by atoms with Crippen LogP contribution in [0.15, 0.2) is 60.0 Å². The lowest BCUT2D eigenvalue weighted by Crippen LogP contribution is -2.28. The number of amides is 1. The van der Waals surface area contributed by atoms with Crippen LogP contribution in [0, 0.1) is 0 Å². The van der Waals surface area contributed by atoms with Crippen LogP contribution in [0.2, 0.25) is 0 Å². The van der Waals surface area contributed by atoms with Crippen molar-refractivity contribution in [2.45, 2.75) is 6.10 Å². The second-order valence-corrected chi connectivity index (χ2v) is 5.69. The molecule has 0 saturated carbocycles. The molecule has 4 heteroatoms. The van der Waals surface area contributed by atoms with E-state index in [0.717, 1.165) is 15.6 Å². The summed E-state index contributed by atoms with van der Waals surface area (Å²) in [5.74, 6) is -0.151. The van der Waals surface area contributed by atoms with Crippen molar-refractivity contribution >= 4 is 27.3 Å². The average Bonchev–Trinajstić information content (AvgIpc) is 2.97. The summed E-state index contributed by atoms with van der Waals surface area (Å²) in [5.41, 5.74) is 1.46. The van der Waals surface area contributed by atoms with Gasteiger partial charge in [0, 0.05) is 22.0 Å². The molecule has 0 radical (unpaired) electrons. The molecule has 0 aliphatic carbocycles. The van der Waals surface area contributed by atoms with E-state index in [1.807, 2.05) is 60.0 Å². The Morgan fingerprint density at radius 2 is 1.81 bits per heavy atom. The second-order valence-electron chi connectivity index (χ2n) is 4.78. The van der Waals surface area contributed by atoms with Crippen molar-refractivity contribution in [1.82, 2.24) is 5.32 Å². The molecule has 1 amide bonds. The quantitative estimate of drug-likeness (QED) is 0.775. The molecule has 1 unspecified atom stereocenters. The van der Waals surface area contributed by atoms with Gasteiger partial charge in [0.1, 0.15) is 0 Å². The SMILES string of the molecule is O=C(NCC(O)c1ccccc1)c1csc2ccccc12. The van der Waals surface area contributed by atoms with Gasteiger partial charge in [-0.25, -0.2) is 0 Å². The van der Waals surface area contributed by atoms with E-state index in [1.54, 1.807) is 11.3 Å². The molecule has 1 heterocycles. The maximum atomic E-state index is 12.2. The number of aliphatic hydroxyl groups excluding tert-OH is 1. The minimum atomic E-state index is -0.694. The van der Waals surface area contributed by atoms with Crippen LogP contribution in [0.3, 0.4) is 0 Å². The Bertz CT molecular complexity index is 752. The molecule has 1 atom stereocenters. The lowest BCUT2D eigenvalue weighted by Gasteiger charge is -2.11. The number of hydrogen-bond acceptors (Lipinski definition) is 3. The van der Waals surface area contributed by atoms with Crippen molar-refractivity contribution in [3.8, 4) is 0 Å². The number of rotatable bonds is 4. The first-order chi connectivity index (χ1) is 10.3. The van der Waals surface area contributed by atoms with Gasteiger partial charge >= 0.3 is 0 Å². The molecule has 0 fully saturated rings. The highest BCUT2D eigenvalue weighted by atomic mass is 32.1. The molecule has 0 spiro atoms. The minimum absolute atomic E-state index is 0.151. The van der Waals surface area contributed by atoms with Gasteiger partial charge in [-0.05, 0) is 11.6 Å². The zero-order valence-corrected chi connectivity index (χ0v) is 12.1. The highest BCUT2D eigenvalue weighted by molar-refractivity contribution is 7.17. The first-order valence-electron chi connectivity index (χ1n) is 6.73. The van der Waals surface area contributed by atoms with Crippen LogP contribution in [0.1, 0.15) is 22.0 Å². The number of carbonyl (C=O) groups is 1. The van der Waals surface area contributed by atoms with Gasteiger partial charge in [-0.3, -0.25) is 4.79 Å². The summed E-state index contributed by atoms with van der Waals surface area (Å²) in [5, 5.41) is 15.7. The minimum Gasteiger partial charge on any atom is -0.387 e. The van der Waals surface area contributed by atoms with Gasteiger partial charge in [0.2, 0.25) is 0 Å². The largest absolute Gasteiger partial charge is 0.387 e. The van der Waals surface area contributed by atoms with Gasteiger partial charge in [0.15, 0.2) is 0 Å². The average molecular weight is 297 g/mol. The standard InChI is InChI=1S/C17H15NO2S/c19-15(12-6-2-1-3-7-12)10-18-17(20)14-11-21-16-9-5-4-8-13(14)16/h1-9,11,15,19H,10H2,(H,18,20). The fourth-order valence-electron chi connectivity index (χ4n) is 2.23.